The van der Waals surface area contributed by atoms with Gasteiger partial charge in [0.05, 0.1) is 5.75 Å². The molecule has 0 aliphatic carbocycles. The van der Waals surface area contributed by atoms with Crippen LogP contribution in [0.5, 0.6) is 0 Å². The molecule has 0 bridgehead atoms. The molecule has 1 aliphatic rings. The van der Waals surface area contributed by atoms with Crippen LogP contribution in [0.15, 0.2) is 0 Å². The fourth-order valence-electron chi connectivity index (χ4n) is 1.49. The van der Waals surface area contributed by atoms with E-state index in [4.69, 9.17) is 4.74 Å². The van der Waals surface area contributed by atoms with Crippen LogP contribution in [-0.2, 0) is 9.53 Å². The average molecular weight is 231 g/mol. The number of ether oxygens (including phenoxy) is 1. The van der Waals surface area contributed by atoms with E-state index in [0.29, 0.717) is 11.0 Å². The van der Waals surface area contributed by atoms with Gasteiger partial charge in [-0.2, -0.15) is 0 Å². The van der Waals surface area contributed by atoms with Gasteiger partial charge in [0.2, 0.25) is 5.91 Å². The summed E-state index contributed by atoms with van der Waals surface area (Å²) in [6, 6.07) is 0. The summed E-state index contributed by atoms with van der Waals surface area (Å²) in [5.41, 5.74) is 0. The lowest BCUT2D eigenvalue weighted by atomic mass is 10.2. The molecule has 0 aromatic carbocycles. The number of nitrogens with one attached hydrogen (secondary N) is 1. The number of thioether (sulfide) groups is 1. The fourth-order valence-corrected chi connectivity index (χ4v) is 2.51. The van der Waals surface area contributed by atoms with Crippen molar-refractivity contribution in [2.45, 2.75) is 37.9 Å². The standard InChI is InChI=1S/C11H21NO2S/c1-2-3-6-12-11(13)9-15-10-4-7-14-8-5-10/h10H,2-9H2,1H3,(H,12,13). The topological polar surface area (TPSA) is 38.3 Å². The Morgan fingerprint density at radius 1 is 1.47 bits per heavy atom. The molecular formula is C11H21NO2S. The van der Waals surface area contributed by atoms with E-state index in [1.54, 1.807) is 11.8 Å². The lowest BCUT2D eigenvalue weighted by molar-refractivity contribution is -0.118. The van der Waals surface area contributed by atoms with Gasteiger partial charge in [0.25, 0.3) is 0 Å². The highest BCUT2D eigenvalue weighted by atomic mass is 32.2. The quantitative estimate of drug-likeness (QED) is 0.709. The van der Waals surface area contributed by atoms with E-state index in [0.717, 1.165) is 45.4 Å². The van der Waals surface area contributed by atoms with Gasteiger partial charge in [-0.05, 0) is 19.3 Å². The highest BCUT2D eigenvalue weighted by Crippen LogP contribution is 2.21. The molecule has 1 aliphatic heterocycles. The minimum atomic E-state index is 0.181. The minimum absolute atomic E-state index is 0.181. The SMILES string of the molecule is CCCCNC(=O)CSC1CCOCC1. The molecule has 0 aromatic heterocycles. The third kappa shape index (κ3) is 6.05. The molecule has 0 radical (unpaired) electrons. The summed E-state index contributed by atoms with van der Waals surface area (Å²) in [4.78, 5) is 11.4. The van der Waals surface area contributed by atoms with Crippen LogP contribution in [0, 0.1) is 0 Å². The smallest absolute Gasteiger partial charge is 0.230 e. The van der Waals surface area contributed by atoms with Gasteiger partial charge in [-0.25, -0.2) is 0 Å². The highest BCUT2D eigenvalue weighted by molar-refractivity contribution is 8.00. The van der Waals surface area contributed by atoms with Gasteiger partial charge in [-0.3, -0.25) is 4.79 Å². The molecule has 1 rings (SSSR count). The second kappa shape index (κ2) is 7.99. The van der Waals surface area contributed by atoms with Gasteiger partial charge in [-0.1, -0.05) is 13.3 Å². The Morgan fingerprint density at radius 3 is 2.87 bits per heavy atom. The molecule has 15 heavy (non-hydrogen) atoms. The third-order valence-corrected chi connectivity index (χ3v) is 3.84. The van der Waals surface area contributed by atoms with Gasteiger partial charge < -0.3 is 10.1 Å². The minimum Gasteiger partial charge on any atom is -0.381 e. The normalized spacial score (nSPS) is 17.7. The van der Waals surface area contributed by atoms with Crippen molar-refractivity contribution >= 4 is 17.7 Å². The Kier molecular flexibility index (Phi) is 6.85. The first-order valence-electron chi connectivity index (χ1n) is 5.79. The highest BCUT2D eigenvalue weighted by Gasteiger charge is 2.15. The zero-order chi connectivity index (χ0) is 10.9. The zero-order valence-corrected chi connectivity index (χ0v) is 10.3. The molecule has 4 heteroatoms. The summed E-state index contributed by atoms with van der Waals surface area (Å²) in [6.45, 7) is 4.66. The van der Waals surface area contributed by atoms with Crippen molar-refractivity contribution in [1.29, 1.82) is 0 Å². The summed E-state index contributed by atoms with van der Waals surface area (Å²) in [6.07, 6.45) is 4.39. The lowest BCUT2D eigenvalue weighted by Gasteiger charge is -2.21. The van der Waals surface area contributed by atoms with E-state index in [2.05, 4.69) is 12.2 Å². The van der Waals surface area contributed by atoms with Crippen LogP contribution < -0.4 is 5.32 Å². The van der Waals surface area contributed by atoms with Crippen LogP contribution in [-0.4, -0.2) is 36.7 Å². The van der Waals surface area contributed by atoms with E-state index < -0.39 is 0 Å². The van der Waals surface area contributed by atoms with E-state index in [1.807, 2.05) is 0 Å². The molecule has 1 amide bonds. The number of carbonyl (C=O) groups excluding carboxylic acids is 1. The predicted octanol–water partition coefficient (Wildman–Crippen LogP) is 1.81. The van der Waals surface area contributed by atoms with Crippen LogP contribution in [0.2, 0.25) is 0 Å². The maximum Gasteiger partial charge on any atom is 0.230 e. The Labute approximate surface area is 96.3 Å². The maximum absolute atomic E-state index is 11.4. The van der Waals surface area contributed by atoms with Crippen molar-refractivity contribution in [3.63, 3.8) is 0 Å². The van der Waals surface area contributed by atoms with Crippen molar-refractivity contribution in [1.82, 2.24) is 5.32 Å². The monoisotopic (exact) mass is 231 g/mol. The predicted molar refractivity (Wildman–Crippen MR) is 64.2 cm³/mol. The van der Waals surface area contributed by atoms with Crippen molar-refractivity contribution in [2.75, 3.05) is 25.5 Å². The van der Waals surface area contributed by atoms with E-state index in [-0.39, 0.29) is 5.91 Å². The van der Waals surface area contributed by atoms with Crippen molar-refractivity contribution < 1.29 is 9.53 Å². The summed E-state index contributed by atoms with van der Waals surface area (Å²) in [5.74, 6) is 0.786. The first-order chi connectivity index (χ1) is 7.33. The van der Waals surface area contributed by atoms with Gasteiger partial charge in [0.1, 0.15) is 0 Å². The Bertz CT molecular complexity index is 181. The first-order valence-corrected chi connectivity index (χ1v) is 6.84. The Balaban J connectivity index is 2.00. The second-order valence-electron chi connectivity index (χ2n) is 3.83. The number of carbonyl (C=O) groups is 1. The number of unbranched alkanes of at least 4 members (excludes halogenated alkanes) is 1. The van der Waals surface area contributed by atoms with Crippen LogP contribution in [0.1, 0.15) is 32.6 Å². The van der Waals surface area contributed by atoms with E-state index in [9.17, 15) is 4.79 Å². The van der Waals surface area contributed by atoms with Gasteiger partial charge in [-0.15, -0.1) is 11.8 Å². The summed E-state index contributed by atoms with van der Waals surface area (Å²) in [5, 5.41) is 3.55. The molecule has 0 saturated carbocycles. The molecule has 1 fully saturated rings. The van der Waals surface area contributed by atoms with Crippen LogP contribution in [0.25, 0.3) is 0 Å². The Hall–Kier alpha value is -0.220. The molecule has 1 heterocycles. The largest absolute Gasteiger partial charge is 0.381 e. The maximum atomic E-state index is 11.4. The third-order valence-electron chi connectivity index (χ3n) is 2.47. The molecule has 0 aromatic rings. The molecule has 0 spiro atoms. The first kappa shape index (κ1) is 12.8. The summed E-state index contributed by atoms with van der Waals surface area (Å²) in [7, 11) is 0. The van der Waals surface area contributed by atoms with Gasteiger partial charge in [0, 0.05) is 25.0 Å². The Morgan fingerprint density at radius 2 is 2.20 bits per heavy atom. The van der Waals surface area contributed by atoms with Crippen LogP contribution in [0.3, 0.4) is 0 Å². The number of hydrogen-bond donors (Lipinski definition) is 1. The molecule has 1 N–H and O–H groups in total. The molecule has 88 valence electrons. The summed E-state index contributed by atoms with van der Waals surface area (Å²) >= 11 is 1.77. The van der Waals surface area contributed by atoms with Crippen molar-refractivity contribution in [2.24, 2.45) is 0 Å². The molecular weight excluding hydrogens is 210 g/mol. The fraction of sp³-hybridized carbons (Fsp3) is 0.909. The molecule has 3 nitrogen and oxygen atoms in total. The zero-order valence-electron chi connectivity index (χ0n) is 9.46. The van der Waals surface area contributed by atoms with Gasteiger partial charge >= 0.3 is 0 Å². The number of rotatable bonds is 6. The number of hydrogen-bond acceptors (Lipinski definition) is 3. The lowest BCUT2D eigenvalue weighted by Crippen LogP contribution is -2.28. The molecule has 1 saturated heterocycles. The van der Waals surface area contributed by atoms with E-state index >= 15 is 0 Å². The second-order valence-corrected chi connectivity index (χ2v) is 5.11. The average Bonchev–Trinajstić information content (AvgIpc) is 2.28. The van der Waals surface area contributed by atoms with Gasteiger partial charge in [0.15, 0.2) is 0 Å². The van der Waals surface area contributed by atoms with Crippen molar-refractivity contribution in [3.05, 3.63) is 0 Å². The van der Waals surface area contributed by atoms with E-state index in [1.165, 1.54) is 0 Å². The molecule has 0 atom stereocenters. The molecule has 0 unspecified atom stereocenters. The summed E-state index contributed by atoms with van der Waals surface area (Å²) < 4.78 is 5.27. The van der Waals surface area contributed by atoms with Crippen LogP contribution >= 0.6 is 11.8 Å². The van der Waals surface area contributed by atoms with Crippen molar-refractivity contribution in [3.8, 4) is 0 Å². The van der Waals surface area contributed by atoms with Crippen LogP contribution in [0.4, 0.5) is 0 Å². The number of amides is 1.